The summed E-state index contributed by atoms with van der Waals surface area (Å²) in [5.74, 6) is 0.383. The number of piperidine rings is 1. The SMILES string of the molecule is CN(C)CC(=O)N1CCC2(CC1)CN(C(=O)Cc1ccc(Cl)cc1)C2. The van der Waals surface area contributed by atoms with E-state index in [2.05, 4.69) is 0 Å². The Labute approximate surface area is 154 Å². The van der Waals surface area contributed by atoms with Crippen molar-refractivity contribution in [2.45, 2.75) is 19.3 Å². The van der Waals surface area contributed by atoms with Crippen LogP contribution >= 0.6 is 11.6 Å². The second-order valence-electron chi connectivity index (χ2n) is 7.67. The molecule has 25 heavy (non-hydrogen) atoms. The first kappa shape index (κ1) is 18.2. The summed E-state index contributed by atoms with van der Waals surface area (Å²) in [6.45, 7) is 3.75. The molecule has 2 aliphatic heterocycles. The summed E-state index contributed by atoms with van der Waals surface area (Å²) in [6, 6.07) is 7.46. The minimum absolute atomic E-state index is 0.180. The number of hydrogen-bond acceptors (Lipinski definition) is 3. The molecule has 0 atom stereocenters. The Morgan fingerprint density at radius 2 is 1.64 bits per heavy atom. The van der Waals surface area contributed by atoms with Crippen LogP contribution in [0, 0.1) is 5.41 Å². The number of carbonyl (C=O) groups excluding carboxylic acids is 2. The maximum atomic E-state index is 12.4. The van der Waals surface area contributed by atoms with Crippen LogP contribution in [0.1, 0.15) is 18.4 Å². The fourth-order valence-corrected chi connectivity index (χ4v) is 3.87. The lowest BCUT2D eigenvalue weighted by Crippen LogP contribution is -2.62. The van der Waals surface area contributed by atoms with Crippen molar-refractivity contribution in [1.82, 2.24) is 14.7 Å². The van der Waals surface area contributed by atoms with E-state index in [0.29, 0.717) is 18.0 Å². The fourth-order valence-electron chi connectivity index (χ4n) is 3.75. The van der Waals surface area contributed by atoms with Gasteiger partial charge >= 0.3 is 0 Å². The van der Waals surface area contributed by atoms with Crippen LogP contribution in [0.5, 0.6) is 0 Å². The molecule has 0 radical (unpaired) electrons. The average molecular weight is 364 g/mol. The van der Waals surface area contributed by atoms with Gasteiger partial charge in [0, 0.05) is 36.6 Å². The Hall–Kier alpha value is -1.59. The van der Waals surface area contributed by atoms with Gasteiger partial charge in [0.05, 0.1) is 13.0 Å². The molecule has 0 saturated carbocycles. The zero-order valence-electron chi connectivity index (χ0n) is 15.0. The third-order valence-corrected chi connectivity index (χ3v) is 5.55. The van der Waals surface area contributed by atoms with Crippen molar-refractivity contribution in [2.24, 2.45) is 5.41 Å². The molecule has 2 heterocycles. The number of carbonyl (C=O) groups is 2. The molecule has 3 rings (SSSR count). The van der Waals surface area contributed by atoms with E-state index >= 15 is 0 Å². The molecule has 1 aromatic carbocycles. The van der Waals surface area contributed by atoms with E-state index in [1.165, 1.54) is 0 Å². The van der Waals surface area contributed by atoms with Crippen molar-refractivity contribution in [1.29, 1.82) is 0 Å². The van der Waals surface area contributed by atoms with Crippen LogP contribution in [-0.4, -0.2) is 73.3 Å². The number of likely N-dealkylation sites (tertiary alicyclic amines) is 2. The van der Waals surface area contributed by atoms with Gasteiger partial charge in [-0.2, -0.15) is 0 Å². The predicted octanol–water partition coefficient (Wildman–Crippen LogP) is 1.90. The zero-order chi connectivity index (χ0) is 18.0. The van der Waals surface area contributed by atoms with Crippen molar-refractivity contribution >= 4 is 23.4 Å². The van der Waals surface area contributed by atoms with E-state index in [1.807, 2.05) is 53.1 Å². The summed E-state index contributed by atoms with van der Waals surface area (Å²) in [5.41, 5.74) is 1.23. The molecule has 5 nitrogen and oxygen atoms in total. The van der Waals surface area contributed by atoms with Crippen LogP contribution in [0.2, 0.25) is 5.02 Å². The highest BCUT2D eigenvalue weighted by atomic mass is 35.5. The molecular weight excluding hydrogens is 338 g/mol. The van der Waals surface area contributed by atoms with Gasteiger partial charge in [0.25, 0.3) is 0 Å². The van der Waals surface area contributed by atoms with Gasteiger partial charge < -0.3 is 14.7 Å². The molecular formula is C19H26ClN3O2. The standard InChI is InChI=1S/C19H26ClN3O2/c1-21(2)12-18(25)22-9-7-19(8-10-22)13-23(14-19)17(24)11-15-3-5-16(20)6-4-15/h3-6H,7-14H2,1-2H3. The molecule has 1 aromatic rings. The zero-order valence-corrected chi connectivity index (χ0v) is 15.8. The molecule has 0 bridgehead atoms. The molecule has 0 unspecified atom stereocenters. The van der Waals surface area contributed by atoms with Gasteiger partial charge in [-0.25, -0.2) is 0 Å². The third kappa shape index (κ3) is 4.33. The Morgan fingerprint density at radius 1 is 1.04 bits per heavy atom. The number of likely N-dealkylation sites (N-methyl/N-ethyl adjacent to an activating group) is 1. The number of amides is 2. The van der Waals surface area contributed by atoms with Crippen LogP contribution in [-0.2, 0) is 16.0 Å². The number of nitrogens with zero attached hydrogens (tertiary/aromatic N) is 3. The van der Waals surface area contributed by atoms with E-state index in [0.717, 1.165) is 44.6 Å². The molecule has 2 aliphatic rings. The highest BCUT2D eigenvalue weighted by molar-refractivity contribution is 6.30. The van der Waals surface area contributed by atoms with E-state index < -0.39 is 0 Å². The summed E-state index contributed by atoms with van der Waals surface area (Å²) in [7, 11) is 3.83. The first-order chi connectivity index (χ1) is 11.9. The molecule has 0 aromatic heterocycles. The van der Waals surface area contributed by atoms with Crippen LogP contribution in [0.15, 0.2) is 24.3 Å². The molecule has 0 N–H and O–H groups in total. The highest BCUT2D eigenvalue weighted by Crippen LogP contribution is 2.40. The van der Waals surface area contributed by atoms with Gasteiger partial charge in [-0.1, -0.05) is 23.7 Å². The number of halogens is 1. The second-order valence-corrected chi connectivity index (χ2v) is 8.11. The average Bonchev–Trinajstić information content (AvgIpc) is 2.54. The molecule has 2 fully saturated rings. The van der Waals surface area contributed by atoms with Gasteiger partial charge in [-0.3, -0.25) is 9.59 Å². The van der Waals surface area contributed by atoms with E-state index in [1.54, 1.807) is 0 Å². The molecule has 0 aliphatic carbocycles. The smallest absolute Gasteiger partial charge is 0.236 e. The van der Waals surface area contributed by atoms with Crippen LogP contribution < -0.4 is 0 Å². The van der Waals surface area contributed by atoms with E-state index in [4.69, 9.17) is 11.6 Å². The van der Waals surface area contributed by atoms with Crippen molar-refractivity contribution < 1.29 is 9.59 Å². The predicted molar refractivity (Wildman–Crippen MR) is 98.5 cm³/mol. The van der Waals surface area contributed by atoms with Gasteiger partial charge in [-0.05, 0) is 44.6 Å². The maximum absolute atomic E-state index is 12.4. The second kappa shape index (κ2) is 7.34. The summed E-state index contributed by atoms with van der Waals surface area (Å²) < 4.78 is 0. The molecule has 136 valence electrons. The minimum Gasteiger partial charge on any atom is -0.342 e. The lowest BCUT2D eigenvalue weighted by Gasteiger charge is -2.54. The summed E-state index contributed by atoms with van der Waals surface area (Å²) >= 11 is 5.88. The first-order valence-electron chi connectivity index (χ1n) is 8.82. The normalized spacial score (nSPS) is 19.2. The van der Waals surface area contributed by atoms with Crippen molar-refractivity contribution in [3.8, 4) is 0 Å². The van der Waals surface area contributed by atoms with Gasteiger partial charge in [-0.15, -0.1) is 0 Å². The van der Waals surface area contributed by atoms with Crippen LogP contribution in [0.25, 0.3) is 0 Å². The topological polar surface area (TPSA) is 43.9 Å². The first-order valence-corrected chi connectivity index (χ1v) is 9.19. The Balaban J connectivity index is 1.45. The number of hydrogen-bond donors (Lipinski definition) is 0. The van der Waals surface area contributed by atoms with Crippen molar-refractivity contribution in [2.75, 3.05) is 46.8 Å². The van der Waals surface area contributed by atoms with E-state index in [-0.39, 0.29) is 17.2 Å². The molecule has 1 spiro atoms. The largest absolute Gasteiger partial charge is 0.342 e. The molecule has 6 heteroatoms. The van der Waals surface area contributed by atoms with Crippen LogP contribution in [0.3, 0.4) is 0 Å². The van der Waals surface area contributed by atoms with Gasteiger partial charge in [0.15, 0.2) is 0 Å². The highest BCUT2D eigenvalue weighted by Gasteiger charge is 2.46. The lowest BCUT2D eigenvalue weighted by molar-refractivity contribution is -0.149. The number of benzene rings is 1. The Kier molecular flexibility index (Phi) is 5.35. The fraction of sp³-hybridized carbons (Fsp3) is 0.579. The maximum Gasteiger partial charge on any atom is 0.236 e. The van der Waals surface area contributed by atoms with Crippen molar-refractivity contribution in [3.63, 3.8) is 0 Å². The summed E-state index contributed by atoms with van der Waals surface area (Å²) in [5, 5.41) is 0.690. The van der Waals surface area contributed by atoms with Gasteiger partial charge in [0.2, 0.25) is 11.8 Å². The van der Waals surface area contributed by atoms with E-state index in [9.17, 15) is 9.59 Å². The molecule has 2 amide bonds. The lowest BCUT2D eigenvalue weighted by atomic mass is 9.72. The quantitative estimate of drug-likeness (QED) is 0.820. The Morgan fingerprint density at radius 3 is 2.20 bits per heavy atom. The number of rotatable bonds is 4. The molecule has 2 saturated heterocycles. The summed E-state index contributed by atoms with van der Waals surface area (Å²) in [4.78, 5) is 30.4. The van der Waals surface area contributed by atoms with Crippen LogP contribution in [0.4, 0.5) is 0 Å². The van der Waals surface area contributed by atoms with Gasteiger partial charge in [0.1, 0.15) is 0 Å². The Bertz CT molecular complexity index is 629. The van der Waals surface area contributed by atoms with Crippen molar-refractivity contribution in [3.05, 3.63) is 34.9 Å². The minimum atomic E-state index is 0.180. The third-order valence-electron chi connectivity index (χ3n) is 5.30. The summed E-state index contributed by atoms with van der Waals surface area (Å²) in [6.07, 6.45) is 2.43. The monoisotopic (exact) mass is 363 g/mol.